The van der Waals surface area contributed by atoms with E-state index in [9.17, 15) is 9.59 Å². The molecular formula is C23H25N5O3S. The summed E-state index contributed by atoms with van der Waals surface area (Å²) in [6.07, 6.45) is 3.24. The first kappa shape index (κ1) is 20.7. The number of carbonyl (C=O) groups is 2. The van der Waals surface area contributed by atoms with Crippen LogP contribution in [-0.2, 0) is 9.53 Å². The number of anilines is 2. The zero-order valence-electron chi connectivity index (χ0n) is 18.0. The van der Waals surface area contributed by atoms with Gasteiger partial charge in [0.2, 0.25) is 5.91 Å². The molecule has 9 heteroatoms. The normalized spacial score (nSPS) is 18.0. The van der Waals surface area contributed by atoms with Crippen molar-refractivity contribution in [3.8, 4) is 11.3 Å². The van der Waals surface area contributed by atoms with Crippen LogP contribution >= 0.6 is 11.3 Å². The van der Waals surface area contributed by atoms with E-state index >= 15 is 0 Å². The van der Waals surface area contributed by atoms with Crippen molar-refractivity contribution in [1.82, 2.24) is 15.3 Å². The minimum Gasteiger partial charge on any atom is -0.374 e. The highest BCUT2D eigenvalue weighted by Crippen LogP contribution is 2.52. The first-order valence-corrected chi connectivity index (χ1v) is 11.4. The molecule has 3 N–H and O–H groups in total. The largest absolute Gasteiger partial charge is 0.374 e. The predicted molar refractivity (Wildman–Crippen MR) is 124 cm³/mol. The monoisotopic (exact) mass is 451 g/mol. The van der Waals surface area contributed by atoms with Crippen molar-refractivity contribution in [3.05, 3.63) is 53.7 Å². The van der Waals surface area contributed by atoms with Gasteiger partial charge in [-0.3, -0.25) is 9.59 Å². The van der Waals surface area contributed by atoms with Crippen LogP contribution in [0.5, 0.6) is 0 Å². The van der Waals surface area contributed by atoms with Gasteiger partial charge in [-0.05, 0) is 32.0 Å². The molecule has 0 bridgehead atoms. The summed E-state index contributed by atoms with van der Waals surface area (Å²) in [5.74, 6) is -0.623. The van der Waals surface area contributed by atoms with Gasteiger partial charge in [-0.2, -0.15) is 0 Å². The highest BCUT2D eigenvalue weighted by Gasteiger charge is 2.61. The number of nitrogens with one attached hydrogen (secondary N) is 3. The number of benzene rings is 1. The van der Waals surface area contributed by atoms with E-state index < -0.39 is 0 Å². The Hall–Kier alpha value is -3.17. The van der Waals surface area contributed by atoms with Gasteiger partial charge in [0.1, 0.15) is 0 Å². The van der Waals surface area contributed by atoms with Crippen molar-refractivity contribution in [1.29, 1.82) is 0 Å². The summed E-state index contributed by atoms with van der Waals surface area (Å²) in [5, 5.41) is 7.77. The fourth-order valence-corrected chi connectivity index (χ4v) is 4.86. The minimum atomic E-state index is -0.320. The van der Waals surface area contributed by atoms with E-state index in [1.54, 1.807) is 18.5 Å². The number of rotatable bonds is 6. The van der Waals surface area contributed by atoms with Crippen LogP contribution in [0.3, 0.4) is 0 Å². The molecule has 2 aliphatic rings. The first-order chi connectivity index (χ1) is 15.4. The fourth-order valence-electron chi connectivity index (χ4n) is 4.12. The molecule has 0 unspecified atom stereocenters. The number of nitrogens with zero attached hydrogens (tertiary/aromatic N) is 2. The summed E-state index contributed by atoms with van der Waals surface area (Å²) in [6, 6.07) is 9.96. The topological polar surface area (TPSA) is 99.4 Å². The molecule has 2 amide bonds. The van der Waals surface area contributed by atoms with Gasteiger partial charge >= 0.3 is 0 Å². The van der Waals surface area contributed by atoms with Crippen LogP contribution in [0.1, 0.15) is 24.2 Å². The standard InChI is InChI=1S/C23H25N5O3S/c1-22(2)23(14-31-22)12-28(13-23)17-5-3-4-15(8-17)18-11-32-21(26-18)27-19(29)10-25-20(30)16-6-7-24-9-16/h3-9,11,24H,10,12-14H2,1-2H3,(H,25,30)(H,26,27,29). The van der Waals surface area contributed by atoms with Gasteiger partial charge in [0.05, 0.1) is 35.4 Å². The van der Waals surface area contributed by atoms with Crippen LogP contribution in [0.25, 0.3) is 11.3 Å². The van der Waals surface area contributed by atoms with Crippen LogP contribution in [0.15, 0.2) is 48.1 Å². The maximum atomic E-state index is 12.2. The number of ether oxygens (including phenoxy) is 1. The number of aromatic nitrogens is 2. The summed E-state index contributed by atoms with van der Waals surface area (Å²) >= 11 is 1.36. The second kappa shape index (κ2) is 7.75. The lowest BCUT2D eigenvalue weighted by molar-refractivity contribution is -0.257. The number of hydrogen-bond donors (Lipinski definition) is 3. The number of aromatic amines is 1. The zero-order valence-corrected chi connectivity index (χ0v) is 18.8. The highest BCUT2D eigenvalue weighted by atomic mass is 32.1. The van der Waals surface area contributed by atoms with Gasteiger partial charge in [0, 0.05) is 42.1 Å². The third kappa shape index (κ3) is 3.67. The molecule has 3 aromatic rings. The Morgan fingerprint density at radius 3 is 2.81 bits per heavy atom. The van der Waals surface area contributed by atoms with Gasteiger partial charge in [0.15, 0.2) is 5.13 Å². The van der Waals surface area contributed by atoms with Gasteiger partial charge in [-0.15, -0.1) is 11.3 Å². The molecule has 2 fully saturated rings. The van der Waals surface area contributed by atoms with Crippen LogP contribution in [0.2, 0.25) is 0 Å². The third-order valence-electron chi connectivity index (χ3n) is 6.50. The lowest BCUT2D eigenvalue weighted by atomic mass is 9.64. The van der Waals surface area contributed by atoms with Crippen molar-refractivity contribution in [2.75, 3.05) is 36.5 Å². The molecule has 1 aromatic carbocycles. The first-order valence-electron chi connectivity index (χ1n) is 10.5. The summed E-state index contributed by atoms with van der Waals surface area (Å²) in [5.41, 5.74) is 3.68. The molecule has 2 saturated heterocycles. The molecule has 32 heavy (non-hydrogen) atoms. The quantitative estimate of drug-likeness (QED) is 0.535. The molecule has 5 rings (SSSR count). The Balaban J connectivity index is 1.18. The highest BCUT2D eigenvalue weighted by molar-refractivity contribution is 7.14. The van der Waals surface area contributed by atoms with E-state index in [4.69, 9.17) is 4.74 Å². The van der Waals surface area contributed by atoms with E-state index in [2.05, 4.69) is 51.5 Å². The third-order valence-corrected chi connectivity index (χ3v) is 7.26. The zero-order chi connectivity index (χ0) is 22.3. The molecule has 2 aromatic heterocycles. The Bertz CT molecular complexity index is 1150. The van der Waals surface area contributed by atoms with E-state index in [0.717, 1.165) is 31.0 Å². The van der Waals surface area contributed by atoms with Crippen molar-refractivity contribution in [2.24, 2.45) is 5.41 Å². The predicted octanol–water partition coefficient (Wildman–Crippen LogP) is 3.12. The number of amides is 2. The van der Waals surface area contributed by atoms with Crippen molar-refractivity contribution in [3.63, 3.8) is 0 Å². The molecule has 1 spiro atoms. The van der Waals surface area contributed by atoms with Gasteiger partial charge < -0.3 is 25.3 Å². The Labute approximate surface area is 190 Å². The average molecular weight is 452 g/mol. The second-order valence-corrected chi connectivity index (χ2v) is 9.71. The Kier molecular flexibility index (Phi) is 5.02. The molecule has 0 atom stereocenters. The Morgan fingerprint density at radius 1 is 1.28 bits per heavy atom. The smallest absolute Gasteiger partial charge is 0.253 e. The van der Waals surface area contributed by atoms with E-state index in [-0.39, 0.29) is 29.4 Å². The Morgan fingerprint density at radius 2 is 2.12 bits per heavy atom. The van der Waals surface area contributed by atoms with Gasteiger partial charge in [-0.1, -0.05) is 12.1 Å². The number of hydrogen-bond acceptors (Lipinski definition) is 6. The summed E-state index contributed by atoms with van der Waals surface area (Å²) in [4.78, 5) is 33.8. The lowest BCUT2D eigenvalue weighted by Gasteiger charge is -2.65. The molecule has 0 saturated carbocycles. The van der Waals surface area contributed by atoms with Gasteiger partial charge in [-0.25, -0.2) is 4.98 Å². The second-order valence-electron chi connectivity index (χ2n) is 8.85. The average Bonchev–Trinajstić information content (AvgIpc) is 3.43. The number of thiazole rings is 1. The SMILES string of the molecule is CC1(C)OCC12CN(c1cccc(-c3csc(NC(=O)CNC(=O)c4cc[nH]c4)n3)c1)C2. The van der Waals surface area contributed by atoms with E-state index in [1.807, 2.05) is 17.5 Å². The number of carbonyl (C=O) groups excluding carboxylic acids is 2. The van der Waals surface area contributed by atoms with Crippen molar-refractivity contribution in [2.45, 2.75) is 19.4 Å². The molecule has 0 aliphatic carbocycles. The summed E-state index contributed by atoms with van der Waals surface area (Å²) in [6.45, 7) is 7.04. The van der Waals surface area contributed by atoms with E-state index in [0.29, 0.717) is 10.7 Å². The number of H-pyrrole nitrogens is 1. The minimum absolute atomic E-state index is 0.0514. The van der Waals surface area contributed by atoms with Gasteiger partial charge in [0.25, 0.3) is 5.91 Å². The molecule has 8 nitrogen and oxygen atoms in total. The molecule has 0 radical (unpaired) electrons. The maximum absolute atomic E-state index is 12.2. The summed E-state index contributed by atoms with van der Waals surface area (Å²) < 4.78 is 5.74. The molecule has 4 heterocycles. The summed E-state index contributed by atoms with van der Waals surface area (Å²) in [7, 11) is 0. The lowest BCUT2D eigenvalue weighted by Crippen LogP contribution is -2.75. The molecule has 166 valence electrons. The van der Waals surface area contributed by atoms with Crippen LogP contribution in [-0.4, -0.2) is 53.6 Å². The van der Waals surface area contributed by atoms with Crippen LogP contribution in [0.4, 0.5) is 10.8 Å². The van der Waals surface area contributed by atoms with Crippen LogP contribution < -0.4 is 15.5 Å². The van der Waals surface area contributed by atoms with Crippen molar-refractivity contribution >= 4 is 34.0 Å². The molecular weight excluding hydrogens is 426 g/mol. The maximum Gasteiger partial charge on any atom is 0.253 e. The molecule has 2 aliphatic heterocycles. The van der Waals surface area contributed by atoms with Crippen molar-refractivity contribution < 1.29 is 14.3 Å². The van der Waals surface area contributed by atoms with E-state index in [1.165, 1.54) is 17.0 Å². The fraction of sp³-hybridized carbons (Fsp3) is 0.348. The van der Waals surface area contributed by atoms with Crippen LogP contribution in [0, 0.1) is 5.41 Å².